The zero-order valence-electron chi connectivity index (χ0n) is 8.44. The fourth-order valence-corrected chi connectivity index (χ4v) is 1.89. The third-order valence-electron chi connectivity index (χ3n) is 2.32. The molecule has 0 aliphatic heterocycles. The van der Waals surface area contributed by atoms with Gasteiger partial charge in [0.1, 0.15) is 0 Å². The van der Waals surface area contributed by atoms with Crippen LogP contribution in [0.3, 0.4) is 0 Å². The van der Waals surface area contributed by atoms with Crippen LogP contribution >= 0.6 is 15.9 Å². The first kappa shape index (κ1) is 11.7. The van der Waals surface area contributed by atoms with Gasteiger partial charge in [-0.3, -0.25) is 0 Å². The van der Waals surface area contributed by atoms with E-state index < -0.39 is 6.10 Å². The van der Waals surface area contributed by atoms with Crippen LogP contribution in [0.2, 0.25) is 0 Å². The average molecular weight is 258 g/mol. The third-order valence-corrected chi connectivity index (χ3v) is 3.04. The number of aliphatic hydroxyl groups is 1. The van der Waals surface area contributed by atoms with Crippen LogP contribution in [0.1, 0.15) is 25.5 Å². The molecule has 0 aliphatic carbocycles. The molecule has 0 saturated heterocycles. The molecule has 1 rings (SSSR count). The van der Waals surface area contributed by atoms with Crippen molar-refractivity contribution in [3.05, 3.63) is 34.3 Å². The lowest BCUT2D eigenvalue weighted by molar-refractivity contribution is 0.0977. The summed E-state index contributed by atoms with van der Waals surface area (Å²) in [7, 11) is 0. The van der Waals surface area contributed by atoms with E-state index in [0.717, 1.165) is 10.0 Å². The number of nitrogens with two attached hydrogens (primary N) is 1. The molecule has 0 amide bonds. The molecule has 0 spiro atoms. The summed E-state index contributed by atoms with van der Waals surface area (Å²) in [6.07, 6.45) is -0.506. The van der Waals surface area contributed by atoms with Crippen molar-refractivity contribution >= 4 is 15.9 Å². The van der Waals surface area contributed by atoms with Crippen LogP contribution in [0, 0.1) is 5.92 Å². The fraction of sp³-hybridized carbons (Fsp3) is 0.455. The van der Waals surface area contributed by atoms with Gasteiger partial charge >= 0.3 is 0 Å². The van der Waals surface area contributed by atoms with Gasteiger partial charge in [-0.15, -0.1) is 0 Å². The molecule has 0 saturated carbocycles. The minimum atomic E-state index is -0.506. The Labute approximate surface area is 93.3 Å². The Hall–Kier alpha value is -0.380. The van der Waals surface area contributed by atoms with Gasteiger partial charge in [0.15, 0.2) is 0 Å². The number of rotatable bonds is 3. The van der Waals surface area contributed by atoms with E-state index in [9.17, 15) is 5.11 Å². The van der Waals surface area contributed by atoms with E-state index in [1.807, 2.05) is 38.1 Å². The predicted octanol–water partition coefficient (Wildman–Crippen LogP) is 2.47. The zero-order valence-corrected chi connectivity index (χ0v) is 10.0. The van der Waals surface area contributed by atoms with Gasteiger partial charge < -0.3 is 10.8 Å². The summed E-state index contributed by atoms with van der Waals surface area (Å²) in [6.45, 7) is 3.92. The number of hydrogen-bond donors (Lipinski definition) is 2. The summed E-state index contributed by atoms with van der Waals surface area (Å²) in [5.41, 5.74) is 6.91. The van der Waals surface area contributed by atoms with E-state index in [2.05, 4.69) is 15.9 Å². The maximum Gasteiger partial charge on any atom is 0.0756 e. The quantitative estimate of drug-likeness (QED) is 0.874. The van der Waals surface area contributed by atoms with Gasteiger partial charge in [0.25, 0.3) is 0 Å². The molecule has 78 valence electrons. The van der Waals surface area contributed by atoms with E-state index in [-0.39, 0.29) is 12.0 Å². The molecule has 0 unspecified atom stereocenters. The Kier molecular flexibility index (Phi) is 4.11. The van der Waals surface area contributed by atoms with E-state index in [4.69, 9.17) is 5.73 Å². The summed E-state index contributed by atoms with van der Waals surface area (Å²) in [4.78, 5) is 0. The molecule has 14 heavy (non-hydrogen) atoms. The van der Waals surface area contributed by atoms with E-state index >= 15 is 0 Å². The Morgan fingerprint density at radius 2 is 1.86 bits per heavy atom. The summed E-state index contributed by atoms with van der Waals surface area (Å²) < 4.78 is 0.951. The Morgan fingerprint density at radius 1 is 1.29 bits per heavy atom. The van der Waals surface area contributed by atoms with Crippen LogP contribution in [-0.4, -0.2) is 11.2 Å². The van der Waals surface area contributed by atoms with Crippen molar-refractivity contribution in [3.8, 4) is 0 Å². The molecule has 0 radical (unpaired) electrons. The predicted molar refractivity (Wildman–Crippen MR) is 61.9 cm³/mol. The van der Waals surface area contributed by atoms with Gasteiger partial charge in [-0.05, 0) is 17.5 Å². The second kappa shape index (κ2) is 4.91. The number of hydrogen-bond acceptors (Lipinski definition) is 2. The topological polar surface area (TPSA) is 46.2 Å². The highest BCUT2D eigenvalue weighted by atomic mass is 79.9. The van der Waals surface area contributed by atoms with Gasteiger partial charge in [0.05, 0.1) is 12.1 Å². The highest BCUT2D eigenvalue weighted by Crippen LogP contribution is 2.26. The van der Waals surface area contributed by atoms with Crippen molar-refractivity contribution in [1.82, 2.24) is 0 Å². The summed E-state index contributed by atoms with van der Waals surface area (Å²) >= 11 is 3.42. The fourth-order valence-electron chi connectivity index (χ4n) is 1.34. The second-order valence-corrected chi connectivity index (χ2v) is 4.64. The molecule has 2 atom stereocenters. The smallest absolute Gasteiger partial charge is 0.0756 e. The molecule has 0 heterocycles. The van der Waals surface area contributed by atoms with Crippen molar-refractivity contribution in [1.29, 1.82) is 0 Å². The highest BCUT2D eigenvalue weighted by Gasteiger charge is 2.21. The van der Waals surface area contributed by atoms with Gasteiger partial charge in [-0.25, -0.2) is 0 Å². The molecular formula is C11H16BrNO. The van der Waals surface area contributed by atoms with Crippen molar-refractivity contribution in [3.63, 3.8) is 0 Å². The van der Waals surface area contributed by atoms with Crippen molar-refractivity contribution < 1.29 is 5.11 Å². The first-order valence-electron chi connectivity index (χ1n) is 4.72. The maximum atomic E-state index is 9.83. The molecule has 3 heteroatoms. The molecule has 0 aromatic heterocycles. The largest absolute Gasteiger partial charge is 0.391 e. The van der Waals surface area contributed by atoms with Crippen molar-refractivity contribution in [2.24, 2.45) is 11.7 Å². The second-order valence-electron chi connectivity index (χ2n) is 3.78. The lowest BCUT2D eigenvalue weighted by atomic mass is 9.95. The Bertz CT molecular complexity index is 301. The number of halogens is 1. The standard InChI is InChI=1S/C11H16BrNO/c1-7(2)11(14)10(13)8-5-3-4-6-9(8)12/h3-7,10-11,14H,13H2,1-2H3/t10-,11+/m0/s1. The molecular weight excluding hydrogens is 242 g/mol. The zero-order chi connectivity index (χ0) is 10.7. The van der Waals surface area contributed by atoms with Crippen LogP contribution in [0.4, 0.5) is 0 Å². The lowest BCUT2D eigenvalue weighted by Gasteiger charge is -2.23. The molecule has 3 N–H and O–H groups in total. The highest BCUT2D eigenvalue weighted by molar-refractivity contribution is 9.10. The van der Waals surface area contributed by atoms with Gasteiger partial charge in [-0.2, -0.15) is 0 Å². The van der Waals surface area contributed by atoms with Crippen molar-refractivity contribution in [2.75, 3.05) is 0 Å². The van der Waals surface area contributed by atoms with Crippen LogP contribution in [0.15, 0.2) is 28.7 Å². The van der Waals surface area contributed by atoms with Gasteiger partial charge in [-0.1, -0.05) is 48.0 Å². The maximum absolute atomic E-state index is 9.83. The van der Waals surface area contributed by atoms with Crippen LogP contribution in [0.25, 0.3) is 0 Å². The molecule has 1 aromatic rings. The minimum absolute atomic E-state index is 0.164. The van der Waals surface area contributed by atoms with Crippen LogP contribution < -0.4 is 5.73 Å². The molecule has 1 aromatic carbocycles. The number of aliphatic hydroxyl groups excluding tert-OH is 1. The van der Waals surface area contributed by atoms with Gasteiger partial charge in [0, 0.05) is 4.47 Å². The Morgan fingerprint density at radius 3 is 2.36 bits per heavy atom. The monoisotopic (exact) mass is 257 g/mol. The van der Waals surface area contributed by atoms with Gasteiger partial charge in [0.2, 0.25) is 0 Å². The molecule has 0 fully saturated rings. The normalized spacial score (nSPS) is 15.6. The lowest BCUT2D eigenvalue weighted by Crippen LogP contribution is -2.30. The molecule has 0 aliphatic rings. The first-order chi connectivity index (χ1) is 6.54. The Balaban J connectivity index is 2.89. The third kappa shape index (κ3) is 2.56. The minimum Gasteiger partial charge on any atom is -0.391 e. The summed E-state index contributed by atoms with van der Waals surface area (Å²) in [5, 5.41) is 9.83. The summed E-state index contributed by atoms with van der Waals surface area (Å²) in [5.74, 6) is 0.164. The van der Waals surface area contributed by atoms with E-state index in [1.165, 1.54) is 0 Å². The SMILES string of the molecule is CC(C)[C@@H](O)[C@@H](N)c1ccccc1Br. The van der Waals surface area contributed by atoms with Crippen molar-refractivity contribution in [2.45, 2.75) is 26.0 Å². The summed E-state index contributed by atoms with van der Waals surface area (Å²) in [6, 6.07) is 7.39. The van der Waals surface area contributed by atoms with E-state index in [1.54, 1.807) is 0 Å². The van der Waals surface area contributed by atoms with E-state index in [0.29, 0.717) is 0 Å². The number of benzene rings is 1. The van der Waals surface area contributed by atoms with Crippen LogP contribution in [0.5, 0.6) is 0 Å². The first-order valence-corrected chi connectivity index (χ1v) is 5.51. The molecule has 0 bridgehead atoms. The average Bonchev–Trinajstić information content (AvgIpc) is 2.16. The van der Waals surface area contributed by atoms with Crippen LogP contribution in [-0.2, 0) is 0 Å². The molecule has 2 nitrogen and oxygen atoms in total.